The van der Waals surface area contributed by atoms with E-state index in [1.807, 2.05) is 38.1 Å². The van der Waals surface area contributed by atoms with Crippen LogP contribution in [0.1, 0.15) is 24.5 Å². The van der Waals surface area contributed by atoms with Gasteiger partial charge in [0.1, 0.15) is 5.15 Å². The lowest BCUT2D eigenvalue weighted by molar-refractivity contribution is 0.145. The predicted octanol–water partition coefficient (Wildman–Crippen LogP) is 3.42. The van der Waals surface area contributed by atoms with E-state index in [1.54, 1.807) is 6.21 Å². The second-order valence-electron chi connectivity index (χ2n) is 5.19. The summed E-state index contributed by atoms with van der Waals surface area (Å²) in [6, 6.07) is 7.97. The molecule has 0 amide bonds. The van der Waals surface area contributed by atoms with Crippen molar-refractivity contribution in [2.75, 3.05) is 19.8 Å². The Morgan fingerprint density at radius 2 is 2.29 bits per heavy atom. The van der Waals surface area contributed by atoms with E-state index in [0.29, 0.717) is 16.9 Å². The summed E-state index contributed by atoms with van der Waals surface area (Å²) in [6.45, 7) is 6.16. The highest BCUT2D eigenvalue weighted by atomic mass is 35.5. The van der Waals surface area contributed by atoms with E-state index >= 15 is 0 Å². The van der Waals surface area contributed by atoms with E-state index in [-0.39, 0.29) is 0 Å². The lowest BCUT2D eigenvalue weighted by Crippen LogP contribution is -2.33. The maximum absolute atomic E-state index is 6.23. The van der Waals surface area contributed by atoms with Gasteiger partial charge >= 0.3 is 0 Å². The SMILES string of the molecule is CCOCCCNC(=S)N/N=C\c1cc2cccc(C)c2nc1Cl. The van der Waals surface area contributed by atoms with Gasteiger partial charge in [0.05, 0.1) is 11.7 Å². The van der Waals surface area contributed by atoms with Gasteiger partial charge in [-0.05, 0) is 44.1 Å². The molecule has 1 aromatic heterocycles. The van der Waals surface area contributed by atoms with Crippen molar-refractivity contribution in [1.82, 2.24) is 15.7 Å². The zero-order valence-corrected chi connectivity index (χ0v) is 15.4. The summed E-state index contributed by atoms with van der Waals surface area (Å²) in [7, 11) is 0. The number of pyridine rings is 1. The lowest BCUT2D eigenvalue weighted by Gasteiger charge is -2.07. The van der Waals surface area contributed by atoms with E-state index in [9.17, 15) is 0 Å². The fraction of sp³-hybridized carbons (Fsp3) is 0.353. The summed E-state index contributed by atoms with van der Waals surface area (Å²) in [6.07, 6.45) is 2.50. The number of hydrazone groups is 1. The quantitative estimate of drug-likeness (QED) is 0.259. The number of nitrogens with one attached hydrogen (secondary N) is 2. The molecule has 1 aromatic carbocycles. The number of thiocarbonyl (C=S) groups is 1. The molecule has 0 radical (unpaired) electrons. The highest BCUT2D eigenvalue weighted by Gasteiger charge is 2.05. The molecule has 0 aliphatic carbocycles. The zero-order valence-electron chi connectivity index (χ0n) is 13.8. The average Bonchev–Trinajstić information content (AvgIpc) is 2.56. The second-order valence-corrected chi connectivity index (χ2v) is 5.96. The van der Waals surface area contributed by atoms with Crippen LogP contribution in [0.5, 0.6) is 0 Å². The third-order valence-electron chi connectivity index (χ3n) is 3.35. The van der Waals surface area contributed by atoms with Gasteiger partial charge in [0.25, 0.3) is 0 Å². The molecular formula is C17H21ClN4OS. The van der Waals surface area contributed by atoms with Gasteiger partial charge in [0.15, 0.2) is 5.11 Å². The van der Waals surface area contributed by atoms with Crippen molar-refractivity contribution in [2.45, 2.75) is 20.3 Å². The Morgan fingerprint density at radius 3 is 3.08 bits per heavy atom. The Bertz CT molecular complexity index is 736. The first-order chi connectivity index (χ1) is 11.6. The van der Waals surface area contributed by atoms with Crippen molar-refractivity contribution >= 4 is 46.0 Å². The number of para-hydroxylation sites is 1. The predicted molar refractivity (Wildman–Crippen MR) is 104 cm³/mol. The number of fused-ring (bicyclic) bond motifs is 1. The molecule has 0 aliphatic rings. The molecule has 0 aliphatic heterocycles. The van der Waals surface area contributed by atoms with Crippen molar-refractivity contribution in [3.63, 3.8) is 0 Å². The highest BCUT2D eigenvalue weighted by Crippen LogP contribution is 2.21. The number of halogens is 1. The average molecular weight is 365 g/mol. The largest absolute Gasteiger partial charge is 0.382 e. The molecule has 0 spiro atoms. The molecule has 7 heteroatoms. The van der Waals surface area contributed by atoms with Crippen LogP contribution in [0.4, 0.5) is 0 Å². The molecule has 0 atom stereocenters. The van der Waals surface area contributed by atoms with Gasteiger partial charge in [-0.3, -0.25) is 5.43 Å². The molecule has 2 rings (SSSR count). The van der Waals surface area contributed by atoms with Crippen molar-refractivity contribution in [2.24, 2.45) is 5.10 Å². The van der Waals surface area contributed by atoms with Gasteiger partial charge in [-0.1, -0.05) is 29.8 Å². The van der Waals surface area contributed by atoms with Gasteiger partial charge < -0.3 is 10.1 Å². The van der Waals surface area contributed by atoms with Crippen LogP contribution >= 0.6 is 23.8 Å². The maximum atomic E-state index is 6.23. The Balaban J connectivity index is 1.91. The van der Waals surface area contributed by atoms with E-state index in [4.69, 9.17) is 28.6 Å². The monoisotopic (exact) mass is 364 g/mol. The van der Waals surface area contributed by atoms with Gasteiger partial charge in [-0.25, -0.2) is 4.98 Å². The number of aromatic nitrogens is 1. The maximum Gasteiger partial charge on any atom is 0.186 e. The number of rotatable bonds is 7. The Hall–Kier alpha value is -1.76. The summed E-state index contributed by atoms with van der Waals surface area (Å²) in [4.78, 5) is 4.44. The molecule has 0 saturated heterocycles. The van der Waals surface area contributed by atoms with Crippen molar-refractivity contribution in [1.29, 1.82) is 0 Å². The summed E-state index contributed by atoms with van der Waals surface area (Å²) < 4.78 is 5.26. The van der Waals surface area contributed by atoms with E-state index < -0.39 is 0 Å². The van der Waals surface area contributed by atoms with Crippen LogP contribution < -0.4 is 10.7 Å². The van der Waals surface area contributed by atoms with Gasteiger partial charge in [-0.15, -0.1) is 0 Å². The number of nitrogens with zero attached hydrogens (tertiary/aromatic N) is 2. The Kier molecular flexibility index (Phi) is 7.36. The Labute approximate surface area is 152 Å². The molecule has 1 heterocycles. The van der Waals surface area contributed by atoms with Crippen LogP contribution in [-0.4, -0.2) is 36.1 Å². The van der Waals surface area contributed by atoms with Crippen LogP contribution in [0.3, 0.4) is 0 Å². The van der Waals surface area contributed by atoms with Gasteiger partial charge in [0.2, 0.25) is 0 Å². The molecule has 5 nitrogen and oxygen atoms in total. The first kappa shape index (κ1) is 18.6. The number of aryl methyl sites for hydroxylation is 1. The number of hydrogen-bond donors (Lipinski definition) is 2. The topological polar surface area (TPSA) is 58.5 Å². The molecule has 24 heavy (non-hydrogen) atoms. The minimum Gasteiger partial charge on any atom is -0.382 e. The fourth-order valence-electron chi connectivity index (χ4n) is 2.15. The molecule has 0 fully saturated rings. The first-order valence-electron chi connectivity index (χ1n) is 7.82. The molecule has 2 aromatic rings. The van der Waals surface area contributed by atoms with Crippen LogP contribution in [0.2, 0.25) is 5.15 Å². The minimum atomic E-state index is 0.415. The second kappa shape index (κ2) is 9.52. The van der Waals surface area contributed by atoms with Crippen molar-refractivity contribution in [3.8, 4) is 0 Å². The summed E-state index contributed by atoms with van der Waals surface area (Å²) >= 11 is 11.4. The summed E-state index contributed by atoms with van der Waals surface area (Å²) in [5, 5.41) is 9.07. The van der Waals surface area contributed by atoms with Crippen LogP contribution in [0.15, 0.2) is 29.4 Å². The summed E-state index contributed by atoms with van der Waals surface area (Å²) in [5.41, 5.74) is 5.50. The van der Waals surface area contributed by atoms with Gasteiger partial charge in [-0.2, -0.15) is 5.10 Å². The van der Waals surface area contributed by atoms with Crippen LogP contribution in [-0.2, 0) is 4.74 Å². The van der Waals surface area contributed by atoms with Gasteiger partial charge in [0, 0.05) is 30.7 Å². The third kappa shape index (κ3) is 5.40. The highest BCUT2D eigenvalue weighted by molar-refractivity contribution is 7.80. The zero-order chi connectivity index (χ0) is 17.4. The number of benzene rings is 1. The minimum absolute atomic E-state index is 0.415. The molecule has 0 unspecified atom stereocenters. The third-order valence-corrected chi connectivity index (χ3v) is 3.89. The molecular weight excluding hydrogens is 344 g/mol. The first-order valence-corrected chi connectivity index (χ1v) is 8.61. The van der Waals surface area contributed by atoms with E-state index in [0.717, 1.165) is 41.6 Å². The lowest BCUT2D eigenvalue weighted by atomic mass is 10.1. The fourth-order valence-corrected chi connectivity index (χ4v) is 2.49. The van der Waals surface area contributed by atoms with Crippen LogP contribution in [0, 0.1) is 6.92 Å². The standard InChI is InChI=1S/C17H21ClN4OS/c1-3-23-9-5-8-19-17(24)22-20-11-14-10-13-7-4-6-12(2)15(13)21-16(14)18/h4,6-7,10-11H,3,5,8-9H2,1-2H3,(H2,19,22,24)/b20-11-. The molecule has 2 N–H and O–H groups in total. The van der Waals surface area contributed by atoms with Crippen molar-refractivity contribution in [3.05, 3.63) is 40.5 Å². The summed E-state index contributed by atoms with van der Waals surface area (Å²) in [5.74, 6) is 0. The Morgan fingerprint density at radius 1 is 1.46 bits per heavy atom. The molecule has 0 bridgehead atoms. The smallest absolute Gasteiger partial charge is 0.186 e. The molecule has 128 valence electrons. The molecule has 0 saturated carbocycles. The van der Waals surface area contributed by atoms with E-state index in [1.165, 1.54) is 0 Å². The van der Waals surface area contributed by atoms with Crippen molar-refractivity contribution < 1.29 is 4.74 Å². The van der Waals surface area contributed by atoms with Crippen LogP contribution in [0.25, 0.3) is 10.9 Å². The normalized spacial score (nSPS) is 11.1. The number of hydrogen-bond acceptors (Lipinski definition) is 4. The van der Waals surface area contributed by atoms with E-state index in [2.05, 4.69) is 20.8 Å². The number of ether oxygens (including phenoxy) is 1.